The summed E-state index contributed by atoms with van der Waals surface area (Å²) in [7, 11) is 0. The standard InChI is InChI=1S/C14H20N2O2/c1-4-13(17)5-6-14(18,7-11(2)3)12-8-15-10-16-9-12/h8-11,13,17-18H,4,7H2,1-3H3. The molecule has 2 unspecified atom stereocenters. The lowest BCUT2D eigenvalue weighted by Gasteiger charge is -2.24. The maximum Gasteiger partial charge on any atom is 0.154 e. The van der Waals surface area contributed by atoms with Gasteiger partial charge >= 0.3 is 0 Å². The number of hydrogen-bond donors (Lipinski definition) is 2. The summed E-state index contributed by atoms with van der Waals surface area (Å²) in [4.78, 5) is 7.81. The Bertz CT molecular complexity index is 422. The topological polar surface area (TPSA) is 66.2 Å². The van der Waals surface area contributed by atoms with Crippen molar-refractivity contribution in [2.24, 2.45) is 5.92 Å². The average molecular weight is 248 g/mol. The van der Waals surface area contributed by atoms with Crippen LogP contribution in [0.5, 0.6) is 0 Å². The van der Waals surface area contributed by atoms with Gasteiger partial charge in [-0.2, -0.15) is 0 Å². The van der Waals surface area contributed by atoms with E-state index >= 15 is 0 Å². The van der Waals surface area contributed by atoms with E-state index in [2.05, 4.69) is 21.8 Å². The van der Waals surface area contributed by atoms with E-state index in [0.29, 0.717) is 18.4 Å². The van der Waals surface area contributed by atoms with Crippen LogP contribution >= 0.6 is 0 Å². The highest BCUT2D eigenvalue weighted by Gasteiger charge is 2.28. The lowest BCUT2D eigenvalue weighted by molar-refractivity contribution is 0.0746. The fraction of sp³-hybridized carbons (Fsp3) is 0.571. The molecule has 0 spiro atoms. The number of aliphatic hydroxyl groups excluding tert-OH is 1. The SMILES string of the molecule is CCC(O)C#CC(O)(CC(C)C)c1cncnc1. The molecule has 1 aromatic rings. The van der Waals surface area contributed by atoms with Crippen molar-refractivity contribution in [2.45, 2.75) is 45.3 Å². The summed E-state index contributed by atoms with van der Waals surface area (Å²) in [5, 5.41) is 20.1. The van der Waals surface area contributed by atoms with Crippen molar-refractivity contribution in [1.29, 1.82) is 0 Å². The number of aliphatic hydroxyl groups is 2. The quantitative estimate of drug-likeness (QED) is 0.792. The zero-order chi connectivity index (χ0) is 13.6. The van der Waals surface area contributed by atoms with Crippen LogP contribution < -0.4 is 0 Å². The Kier molecular flexibility index (Phi) is 5.26. The monoisotopic (exact) mass is 248 g/mol. The normalized spacial score (nSPS) is 15.7. The first-order valence-corrected chi connectivity index (χ1v) is 6.16. The smallest absolute Gasteiger partial charge is 0.154 e. The highest BCUT2D eigenvalue weighted by atomic mass is 16.3. The lowest BCUT2D eigenvalue weighted by Crippen LogP contribution is -2.26. The van der Waals surface area contributed by atoms with Crippen LogP contribution in [0.3, 0.4) is 0 Å². The first-order valence-electron chi connectivity index (χ1n) is 6.16. The second-order valence-electron chi connectivity index (χ2n) is 4.78. The minimum Gasteiger partial charge on any atom is -0.380 e. The lowest BCUT2D eigenvalue weighted by atomic mass is 9.87. The molecule has 18 heavy (non-hydrogen) atoms. The minimum absolute atomic E-state index is 0.267. The highest BCUT2D eigenvalue weighted by Crippen LogP contribution is 2.27. The Morgan fingerprint density at radius 1 is 1.33 bits per heavy atom. The van der Waals surface area contributed by atoms with E-state index in [0.717, 1.165) is 0 Å². The maximum atomic E-state index is 10.6. The van der Waals surface area contributed by atoms with Crippen molar-refractivity contribution in [3.63, 3.8) is 0 Å². The van der Waals surface area contributed by atoms with Gasteiger partial charge in [-0.15, -0.1) is 0 Å². The Labute approximate surface area is 108 Å². The molecule has 0 saturated carbocycles. The number of hydrogen-bond acceptors (Lipinski definition) is 4. The van der Waals surface area contributed by atoms with E-state index in [9.17, 15) is 10.2 Å². The van der Waals surface area contributed by atoms with E-state index in [4.69, 9.17) is 0 Å². The van der Waals surface area contributed by atoms with Crippen LogP contribution in [-0.2, 0) is 5.60 Å². The van der Waals surface area contributed by atoms with Gasteiger partial charge in [-0.05, 0) is 18.8 Å². The Morgan fingerprint density at radius 3 is 2.44 bits per heavy atom. The summed E-state index contributed by atoms with van der Waals surface area (Å²) in [6.45, 7) is 5.85. The molecule has 0 saturated heterocycles. The van der Waals surface area contributed by atoms with Crippen molar-refractivity contribution in [3.05, 3.63) is 24.3 Å². The highest BCUT2D eigenvalue weighted by molar-refractivity contribution is 5.28. The van der Waals surface area contributed by atoms with Gasteiger partial charge in [0.1, 0.15) is 12.4 Å². The molecule has 1 aromatic heterocycles. The summed E-state index contributed by atoms with van der Waals surface area (Å²) < 4.78 is 0. The van der Waals surface area contributed by atoms with Gasteiger partial charge in [-0.25, -0.2) is 9.97 Å². The zero-order valence-corrected chi connectivity index (χ0v) is 11.1. The van der Waals surface area contributed by atoms with Crippen LogP contribution in [-0.4, -0.2) is 26.3 Å². The van der Waals surface area contributed by atoms with Crippen LogP contribution in [0.4, 0.5) is 0 Å². The van der Waals surface area contributed by atoms with Crippen LogP contribution in [0.1, 0.15) is 39.2 Å². The second-order valence-corrected chi connectivity index (χ2v) is 4.78. The molecule has 4 heteroatoms. The van der Waals surface area contributed by atoms with E-state index in [-0.39, 0.29) is 5.92 Å². The summed E-state index contributed by atoms with van der Waals surface area (Å²) in [6.07, 6.45) is 4.83. The Balaban J connectivity index is 3.06. The van der Waals surface area contributed by atoms with Crippen molar-refractivity contribution in [1.82, 2.24) is 9.97 Å². The number of nitrogens with zero attached hydrogens (tertiary/aromatic N) is 2. The predicted molar refractivity (Wildman–Crippen MR) is 69.5 cm³/mol. The molecule has 4 nitrogen and oxygen atoms in total. The van der Waals surface area contributed by atoms with Crippen molar-refractivity contribution in [2.75, 3.05) is 0 Å². The number of rotatable bonds is 4. The molecular formula is C14H20N2O2. The van der Waals surface area contributed by atoms with E-state index in [1.165, 1.54) is 6.33 Å². The molecule has 2 N–H and O–H groups in total. The molecule has 0 aliphatic carbocycles. The molecule has 0 aliphatic rings. The molecule has 0 aromatic carbocycles. The average Bonchev–Trinajstić information content (AvgIpc) is 2.36. The zero-order valence-electron chi connectivity index (χ0n) is 11.1. The predicted octanol–water partition coefficient (Wildman–Crippen LogP) is 1.48. The summed E-state index contributed by atoms with van der Waals surface area (Å²) >= 11 is 0. The van der Waals surface area contributed by atoms with Gasteiger partial charge in [0.05, 0.1) is 0 Å². The van der Waals surface area contributed by atoms with Gasteiger partial charge in [0.2, 0.25) is 0 Å². The molecular weight excluding hydrogens is 228 g/mol. The molecule has 0 fully saturated rings. The number of aromatic nitrogens is 2. The van der Waals surface area contributed by atoms with Crippen molar-refractivity contribution >= 4 is 0 Å². The third-order valence-electron chi connectivity index (χ3n) is 2.57. The van der Waals surface area contributed by atoms with Gasteiger partial charge < -0.3 is 10.2 Å². The largest absolute Gasteiger partial charge is 0.380 e. The van der Waals surface area contributed by atoms with E-state index in [1.807, 2.05) is 20.8 Å². The van der Waals surface area contributed by atoms with Crippen LogP contribution in [0.25, 0.3) is 0 Å². The first-order chi connectivity index (χ1) is 8.48. The maximum absolute atomic E-state index is 10.6. The molecule has 98 valence electrons. The third-order valence-corrected chi connectivity index (χ3v) is 2.57. The molecule has 0 aliphatic heterocycles. The molecule has 0 bridgehead atoms. The van der Waals surface area contributed by atoms with Gasteiger partial charge in [0, 0.05) is 18.0 Å². The first kappa shape index (κ1) is 14.6. The van der Waals surface area contributed by atoms with Gasteiger partial charge in [0.15, 0.2) is 5.60 Å². The van der Waals surface area contributed by atoms with Crippen LogP contribution in [0, 0.1) is 17.8 Å². The van der Waals surface area contributed by atoms with E-state index in [1.54, 1.807) is 12.4 Å². The molecule has 1 rings (SSSR count). The van der Waals surface area contributed by atoms with Crippen LogP contribution in [0.2, 0.25) is 0 Å². The Hall–Kier alpha value is -1.44. The molecule has 1 heterocycles. The van der Waals surface area contributed by atoms with Gasteiger partial charge in [0.25, 0.3) is 0 Å². The minimum atomic E-state index is -1.30. The summed E-state index contributed by atoms with van der Waals surface area (Å²) in [6, 6.07) is 0. The molecule has 0 amide bonds. The molecule has 2 atom stereocenters. The third kappa shape index (κ3) is 4.10. The Morgan fingerprint density at radius 2 is 1.94 bits per heavy atom. The van der Waals surface area contributed by atoms with Gasteiger partial charge in [-0.1, -0.05) is 32.6 Å². The van der Waals surface area contributed by atoms with Crippen molar-refractivity contribution < 1.29 is 10.2 Å². The molecule has 0 radical (unpaired) electrons. The fourth-order valence-electron chi connectivity index (χ4n) is 1.65. The summed E-state index contributed by atoms with van der Waals surface area (Å²) in [5.74, 6) is 5.71. The van der Waals surface area contributed by atoms with Crippen LogP contribution in [0.15, 0.2) is 18.7 Å². The second kappa shape index (κ2) is 6.48. The van der Waals surface area contributed by atoms with Crippen molar-refractivity contribution in [3.8, 4) is 11.8 Å². The fourth-order valence-corrected chi connectivity index (χ4v) is 1.65. The summed E-state index contributed by atoms with van der Waals surface area (Å²) in [5.41, 5.74) is -0.736. The van der Waals surface area contributed by atoms with E-state index < -0.39 is 11.7 Å². The van der Waals surface area contributed by atoms with Gasteiger partial charge in [-0.3, -0.25) is 0 Å².